The van der Waals surface area contributed by atoms with Gasteiger partial charge in [0.05, 0.1) is 5.92 Å². The van der Waals surface area contributed by atoms with Crippen LogP contribution in [0.25, 0.3) is 0 Å². The maximum atomic E-state index is 13.3. The number of benzene rings is 1. The molecule has 2 N–H and O–H groups in total. The Morgan fingerprint density at radius 1 is 1.17 bits per heavy atom. The molecule has 7 heteroatoms. The van der Waals surface area contributed by atoms with E-state index in [0.717, 1.165) is 0 Å². The number of halogens is 3. The highest BCUT2D eigenvalue weighted by Crippen LogP contribution is 2.38. The zero-order valence-electron chi connectivity index (χ0n) is 12.6. The van der Waals surface area contributed by atoms with Crippen LogP contribution in [-0.2, 0) is 9.59 Å². The molecule has 1 aromatic carbocycles. The van der Waals surface area contributed by atoms with Gasteiger partial charge >= 0.3 is 6.18 Å². The predicted molar refractivity (Wildman–Crippen MR) is 78.4 cm³/mol. The molecule has 1 saturated heterocycles. The van der Waals surface area contributed by atoms with E-state index in [-0.39, 0.29) is 24.6 Å². The predicted octanol–water partition coefficient (Wildman–Crippen LogP) is 2.45. The largest absolute Gasteiger partial charge is 0.396 e. The average molecular weight is 328 g/mol. The molecule has 2 rings (SSSR count). The molecule has 1 aliphatic rings. The molecule has 1 atom stereocenters. The Kier molecular flexibility index (Phi) is 5.28. The first-order valence-electron chi connectivity index (χ1n) is 7.47. The molecule has 0 radical (unpaired) electrons. The van der Waals surface area contributed by atoms with Crippen LogP contribution >= 0.6 is 0 Å². The number of rotatable bonds is 4. The van der Waals surface area contributed by atoms with Gasteiger partial charge in [-0.1, -0.05) is 30.3 Å². The van der Waals surface area contributed by atoms with E-state index >= 15 is 0 Å². The van der Waals surface area contributed by atoms with Crippen LogP contribution in [0.3, 0.4) is 0 Å². The van der Waals surface area contributed by atoms with Crippen LogP contribution < -0.4 is 5.73 Å². The van der Waals surface area contributed by atoms with Gasteiger partial charge in [0.15, 0.2) is 0 Å². The zero-order valence-corrected chi connectivity index (χ0v) is 12.6. The molecule has 0 bridgehead atoms. The van der Waals surface area contributed by atoms with Crippen molar-refractivity contribution in [2.45, 2.75) is 31.4 Å². The number of hydrogen-bond donors (Lipinski definition) is 1. The molecule has 0 spiro atoms. The third-order valence-corrected chi connectivity index (χ3v) is 4.23. The van der Waals surface area contributed by atoms with Gasteiger partial charge in [0.1, 0.15) is 0 Å². The number of amides is 2. The Labute approximate surface area is 132 Å². The van der Waals surface area contributed by atoms with Gasteiger partial charge in [-0.25, -0.2) is 0 Å². The summed E-state index contributed by atoms with van der Waals surface area (Å²) >= 11 is 0. The minimum absolute atomic E-state index is 0.0837. The van der Waals surface area contributed by atoms with Gasteiger partial charge < -0.3 is 10.6 Å². The summed E-state index contributed by atoms with van der Waals surface area (Å²) in [6.45, 7) is 0.539. The monoisotopic (exact) mass is 328 g/mol. The van der Waals surface area contributed by atoms with Crippen molar-refractivity contribution in [1.82, 2.24) is 4.90 Å². The number of primary amides is 1. The minimum Gasteiger partial charge on any atom is -0.369 e. The van der Waals surface area contributed by atoms with Crippen LogP contribution in [0.15, 0.2) is 30.3 Å². The summed E-state index contributed by atoms with van der Waals surface area (Å²) in [6, 6.07) is 7.44. The first kappa shape index (κ1) is 17.3. The normalized spacial score (nSPS) is 17.8. The molecule has 1 heterocycles. The molecular formula is C16H19F3N2O2. The quantitative estimate of drug-likeness (QED) is 0.923. The van der Waals surface area contributed by atoms with Gasteiger partial charge in [-0.3, -0.25) is 9.59 Å². The molecule has 1 unspecified atom stereocenters. The number of alkyl halides is 3. The van der Waals surface area contributed by atoms with E-state index in [2.05, 4.69) is 0 Å². The number of likely N-dealkylation sites (tertiary alicyclic amines) is 1. The van der Waals surface area contributed by atoms with Crippen LogP contribution in [0.1, 0.15) is 30.7 Å². The van der Waals surface area contributed by atoms with E-state index in [4.69, 9.17) is 5.73 Å². The van der Waals surface area contributed by atoms with E-state index in [1.54, 1.807) is 6.07 Å². The number of nitrogens with zero attached hydrogens (tertiary/aromatic N) is 1. The third kappa shape index (κ3) is 4.46. The lowest BCUT2D eigenvalue weighted by molar-refractivity contribution is -0.161. The second kappa shape index (κ2) is 7.02. The van der Waals surface area contributed by atoms with E-state index in [9.17, 15) is 22.8 Å². The van der Waals surface area contributed by atoms with E-state index in [1.807, 2.05) is 0 Å². The molecule has 23 heavy (non-hydrogen) atoms. The van der Waals surface area contributed by atoms with E-state index in [1.165, 1.54) is 29.2 Å². The molecular weight excluding hydrogens is 309 g/mol. The van der Waals surface area contributed by atoms with Crippen molar-refractivity contribution >= 4 is 11.8 Å². The highest BCUT2D eigenvalue weighted by Gasteiger charge is 2.42. The fourth-order valence-electron chi connectivity index (χ4n) is 2.83. The fraction of sp³-hybridized carbons (Fsp3) is 0.500. The summed E-state index contributed by atoms with van der Waals surface area (Å²) in [4.78, 5) is 24.7. The Morgan fingerprint density at radius 2 is 1.74 bits per heavy atom. The van der Waals surface area contributed by atoms with Crippen molar-refractivity contribution in [3.63, 3.8) is 0 Å². The van der Waals surface area contributed by atoms with Crippen molar-refractivity contribution in [3.8, 4) is 0 Å². The molecule has 1 fully saturated rings. The minimum atomic E-state index is -4.48. The number of piperidine rings is 1. The van der Waals surface area contributed by atoms with Gasteiger partial charge in [0.25, 0.3) is 0 Å². The standard InChI is InChI=1S/C16H19F3N2O2/c17-16(18,19)13(11-4-2-1-3-5-11)10-14(22)21-8-6-12(7-9-21)15(20)23/h1-5,12-13H,6-10H2,(H2,20,23). The fourth-order valence-corrected chi connectivity index (χ4v) is 2.83. The summed E-state index contributed by atoms with van der Waals surface area (Å²) in [5.41, 5.74) is 5.30. The van der Waals surface area contributed by atoms with Gasteiger partial charge in [0.2, 0.25) is 11.8 Å². The summed E-state index contributed by atoms with van der Waals surface area (Å²) in [6.07, 6.45) is -4.29. The molecule has 0 aromatic heterocycles. The van der Waals surface area contributed by atoms with Crippen molar-refractivity contribution in [2.24, 2.45) is 11.7 Å². The second-order valence-corrected chi connectivity index (χ2v) is 5.77. The summed E-state index contributed by atoms with van der Waals surface area (Å²) in [5, 5.41) is 0. The summed E-state index contributed by atoms with van der Waals surface area (Å²) < 4.78 is 39.8. The first-order valence-corrected chi connectivity index (χ1v) is 7.47. The number of hydrogen-bond acceptors (Lipinski definition) is 2. The first-order chi connectivity index (χ1) is 10.8. The topological polar surface area (TPSA) is 63.4 Å². The molecule has 2 amide bonds. The van der Waals surface area contributed by atoms with Crippen molar-refractivity contribution in [2.75, 3.05) is 13.1 Å². The second-order valence-electron chi connectivity index (χ2n) is 5.77. The molecule has 4 nitrogen and oxygen atoms in total. The van der Waals surface area contributed by atoms with Crippen LogP contribution in [0.5, 0.6) is 0 Å². The van der Waals surface area contributed by atoms with Gasteiger partial charge in [0, 0.05) is 25.4 Å². The molecule has 0 aliphatic carbocycles. The lowest BCUT2D eigenvalue weighted by Gasteiger charge is -2.32. The highest BCUT2D eigenvalue weighted by atomic mass is 19.4. The third-order valence-electron chi connectivity index (χ3n) is 4.23. The SMILES string of the molecule is NC(=O)C1CCN(C(=O)CC(c2ccccc2)C(F)(F)F)CC1. The van der Waals surface area contributed by atoms with Gasteiger partial charge in [-0.15, -0.1) is 0 Å². The maximum absolute atomic E-state index is 13.3. The van der Waals surface area contributed by atoms with Crippen LogP contribution in [0.4, 0.5) is 13.2 Å². The number of nitrogens with two attached hydrogens (primary N) is 1. The highest BCUT2D eigenvalue weighted by molar-refractivity contribution is 5.79. The Morgan fingerprint density at radius 3 is 2.22 bits per heavy atom. The summed E-state index contributed by atoms with van der Waals surface area (Å²) in [7, 11) is 0. The van der Waals surface area contributed by atoms with Crippen molar-refractivity contribution in [3.05, 3.63) is 35.9 Å². The van der Waals surface area contributed by atoms with Crippen LogP contribution in [0, 0.1) is 5.92 Å². The zero-order chi connectivity index (χ0) is 17.0. The van der Waals surface area contributed by atoms with Crippen molar-refractivity contribution in [1.29, 1.82) is 0 Å². The Hall–Kier alpha value is -2.05. The summed E-state index contributed by atoms with van der Waals surface area (Å²) in [5.74, 6) is -3.08. The number of carbonyl (C=O) groups is 2. The maximum Gasteiger partial charge on any atom is 0.396 e. The van der Waals surface area contributed by atoms with Gasteiger partial charge in [-0.05, 0) is 18.4 Å². The van der Waals surface area contributed by atoms with Crippen molar-refractivity contribution < 1.29 is 22.8 Å². The Balaban J connectivity index is 2.03. The molecule has 126 valence electrons. The average Bonchev–Trinajstić information content (AvgIpc) is 2.52. The smallest absolute Gasteiger partial charge is 0.369 e. The van der Waals surface area contributed by atoms with Gasteiger partial charge in [-0.2, -0.15) is 13.2 Å². The molecule has 1 aliphatic heterocycles. The lowest BCUT2D eigenvalue weighted by atomic mass is 9.92. The van der Waals surface area contributed by atoms with Crippen LogP contribution in [-0.4, -0.2) is 36.0 Å². The lowest BCUT2D eigenvalue weighted by Crippen LogP contribution is -2.42. The van der Waals surface area contributed by atoms with E-state index in [0.29, 0.717) is 12.8 Å². The molecule has 0 saturated carbocycles. The van der Waals surface area contributed by atoms with E-state index < -0.39 is 30.3 Å². The van der Waals surface area contributed by atoms with Crippen LogP contribution in [0.2, 0.25) is 0 Å². The number of carbonyl (C=O) groups excluding carboxylic acids is 2. The molecule has 1 aromatic rings. The Bertz CT molecular complexity index is 552.